The minimum absolute atomic E-state index is 0.00519. The fraction of sp³-hybridized carbons (Fsp3) is 0.0909. The fourth-order valence-electron chi connectivity index (χ4n) is 1.33. The molecule has 1 aromatic carbocycles. The molecule has 3 heteroatoms. The Hall–Kier alpha value is -1.90. The molecule has 0 unspecified atom stereocenters. The molecule has 0 aliphatic heterocycles. The van der Waals surface area contributed by atoms with Gasteiger partial charge in [-0.25, -0.2) is 0 Å². The van der Waals surface area contributed by atoms with E-state index in [0.717, 1.165) is 0 Å². The highest BCUT2D eigenvalue weighted by Gasteiger charge is 2.11. The van der Waals surface area contributed by atoms with E-state index in [1.165, 1.54) is 0 Å². The first-order valence-corrected chi connectivity index (χ1v) is 4.37. The van der Waals surface area contributed by atoms with Crippen molar-refractivity contribution in [3.63, 3.8) is 0 Å². The van der Waals surface area contributed by atoms with Crippen LogP contribution in [-0.4, -0.2) is 15.6 Å². The molecule has 0 spiro atoms. The Morgan fingerprint density at radius 3 is 2.50 bits per heavy atom. The average Bonchev–Trinajstić information content (AvgIpc) is 2.65. The zero-order chi connectivity index (χ0) is 9.97. The normalized spacial score (nSPS) is 10.1. The van der Waals surface area contributed by atoms with Crippen LogP contribution in [0.5, 0.6) is 0 Å². The van der Waals surface area contributed by atoms with E-state index in [9.17, 15) is 4.79 Å². The van der Waals surface area contributed by atoms with E-state index in [1.807, 2.05) is 18.2 Å². The first-order valence-electron chi connectivity index (χ1n) is 4.37. The molecule has 2 aromatic rings. The third kappa shape index (κ3) is 1.44. The van der Waals surface area contributed by atoms with E-state index in [2.05, 4.69) is 5.10 Å². The highest BCUT2D eigenvalue weighted by Crippen LogP contribution is 2.07. The SMILES string of the molecule is Cn1nccc1C(=O)c1ccccc1. The van der Waals surface area contributed by atoms with E-state index in [4.69, 9.17) is 0 Å². The second-order valence-electron chi connectivity index (χ2n) is 3.04. The zero-order valence-corrected chi connectivity index (χ0v) is 7.84. The molecule has 0 N–H and O–H groups in total. The van der Waals surface area contributed by atoms with Crippen LogP contribution in [0.3, 0.4) is 0 Å². The van der Waals surface area contributed by atoms with Crippen LogP contribution in [0.4, 0.5) is 0 Å². The second kappa shape index (κ2) is 3.46. The van der Waals surface area contributed by atoms with Gasteiger partial charge in [0.15, 0.2) is 0 Å². The molecular formula is C11H10N2O. The van der Waals surface area contributed by atoms with Crippen LogP contribution >= 0.6 is 0 Å². The lowest BCUT2D eigenvalue weighted by molar-refractivity contribution is 0.103. The van der Waals surface area contributed by atoms with Crippen LogP contribution in [-0.2, 0) is 7.05 Å². The van der Waals surface area contributed by atoms with Crippen LogP contribution in [0.15, 0.2) is 42.6 Å². The lowest BCUT2D eigenvalue weighted by Gasteiger charge is -2.00. The molecule has 14 heavy (non-hydrogen) atoms. The number of nitrogens with zero attached hydrogens (tertiary/aromatic N) is 2. The number of ketones is 1. The summed E-state index contributed by atoms with van der Waals surface area (Å²) < 4.78 is 1.58. The molecule has 1 aromatic heterocycles. The first kappa shape index (κ1) is 8.69. The van der Waals surface area contributed by atoms with Crippen LogP contribution in [0.1, 0.15) is 16.1 Å². The van der Waals surface area contributed by atoms with Crippen molar-refractivity contribution in [2.24, 2.45) is 7.05 Å². The summed E-state index contributed by atoms with van der Waals surface area (Å²) >= 11 is 0. The van der Waals surface area contributed by atoms with Gasteiger partial charge in [-0.15, -0.1) is 0 Å². The Morgan fingerprint density at radius 2 is 1.93 bits per heavy atom. The monoisotopic (exact) mass is 186 g/mol. The maximum atomic E-state index is 11.9. The molecule has 0 radical (unpaired) electrons. The van der Waals surface area contributed by atoms with Gasteiger partial charge >= 0.3 is 0 Å². The van der Waals surface area contributed by atoms with Gasteiger partial charge in [-0.1, -0.05) is 30.3 Å². The largest absolute Gasteiger partial charge is 0.287 e. The number of hydrogen-bond acceptors (Lipinski definition) is 2. The lowest BCUT2D eigenvalue weighted by atomic mass is 10.1. The van der Waals surface area contributed by atoms with E-state index < -0.39 is 0 Å². The molecule has 1 heterocycles. The summed E-state index contributed by atoms with van der Waals surface area (Å²) in [7, 11) is 1.76. The van der Waals surface area contributed by atoms with Crippen molar-refractivity contribution in [2.75, 3.05) is 0 Å². The van der Waals surface area contributed by atoms with Crippen LogP contribution in [0, 0.1) is 0 Å². The molecule has 2 rings (SSSR count). The molecule has 0 aliphatic carbocycles. The molecule has 0 amide bonds. The summed E-state index contributed by atoms with van der Waals surface area (Å²) in [6, 6.07) is 10.9. The number of hydrogen-bond donors (Lipinski definition) is 0. The minimum atomic E-state index is 0.00519. The number of benzene rings is 1. The van der Waals surface area contributed by atoms with Crippen molar-refractivity contribution in [1.82, 2.24) is 9.78 Å². The van der Waals surface area contributed by atoms with Gasteiger partial charge in [-0.2, -0.15) is 5.10 Å². The molecule has 0 fully saturated rings. The highest BCUT2D eigenvalue weighted by atomic mass is 16.1. The molecule has 0 atom stereocenters. The summed E-state index contributed by atoms with van der Waals surface area (Å²) in [6.07, 6.45) is 1.62. The molecule has 3 nitrogen and oxygen atoms in total. The van der Waals surface area contributed by atoms with Gasteiger partial charge in [-0.3, -0.25) is 9.48 Å². The second-order valence-corrected chi connectivity index (χ2v) is 3.04. The number of aromatic nitrogens is 2. The molecule has 0 aliphatic rings. The maximum Gasteiger partial charge on any atom is 0.211 e. The Morgan fingerprint density at radius 1 is 1.21 bits per heavy atom. The molecule has 0 bridgehead atoms. The third-order valence-corrected chi connectivity index (χ3v) is 2.09. The van der Waals surface area contributed by atoms with Crippen LogP contribution < -0.4 is 0 Å². The van der Waals surface area contributed by atoms with Crippen molar-refractivity contribution in [3.8, 4) is 0 Å². The van der Waals surface area contributed by atoms with Gasteiger partial charge in [0.05, 0.1) is 0 Å². The highest BCUT2D eigenvalue weighted by molar-refractivity contribution is 6.07. The lowest BCUT2D eigenvalue weighted by Crippen LogP contribution is -2.07. The summed E-state index contributed by atoms with van der Waals surface area (Å²) in [5.41, 5.74) is 1.30. The van der Waals surface area contributed by atoms with Crippen LogP contribution in [0.2, 0.25) is 0 Å². The van der Waals surface area contributed by atoms with Gasteiger partial charge in [0, 0.05) is 18.8 Å². The smallest absolute Gasteiger partial charge is 0.211 e. The minimum Gasteiger partial charge on any atom is -0.287 e. The number of rotatable bonds is 2. The van der Waals surface area contributed by atoms with Crippen molar-refractivity contribution >= 4 is 5.78 Å². The van der Waals surface area contributed by atoms with Crippen molar-refractivity contribution in [3.05, 3.63) is 53.9 Å². The van der Waals surface area contributed by atoms with Crippen molar-refractivity contribution in [1.29, 1.82) is 0 Å². The molecule has 0 saturated carbocycles. The van der Waals surface area contributed by atoms with E-state index in [1.54, 1.807) is 36.1 Å². The molecular weight excluding hydrogens is 176 g/mol. The predicted octanol–water partition coefficient (Wildman–Crippen LogP) is 1.65. The quantitative estimate of drug-likeness (QED) is 0.668. The van der Waals surface area contributed by atoms with Crippen molar-refractivity contribution < 1.29 is 4.79 Å². The summed E-state index contributed by atoms with van der Waals surface area (Å²) in [5, 5.41) is 3.96. The zero-order valence-electron chi connectivity index (χ0n) is 7.84. The Kier molecular flexibility index (Phi) is 2.14. The Labute approximate surface area is 82.0 Å². The number of carbonyl (C=O) groups is 1. The standard InChI is InChI=1S/C11H10N2O/c1-13-10(7-8-12-13)11(14)9-5-3-2-4-6-9/h2-8H,1H3. The van der Waals surface area contributed by atoms with Gasteiger partial charge in [0.1, 0.15) is 5.69 Å². The Bertz CT molecular complexity index is 445. The van der Waals surface area contributed by atoms with Gasteiger partial charge in [0.25, 0.3) is 0 Å². The van der Waals surface area contributed by atoms with Crippen molar-refractivity contribution in [2.45, 2.75) is 0 Å². The number of aryl methyl sites for hydroxylation is 1. The average molecular weight is 186 g/mol. The van der Waals surface area contributed by atoms with Crippen LogP contribution in [0.25, 0.3) is 0 Å². The third-order valence-electron chi connectivity index (χ3n) is 2.09. The number of carbonyl (C=O) groups excluding carboxylic acids is 1. The van der Waals surface area contributed by atoms with E-state index in [-0.39, 0.29) is 5.78 Å². The summed E-state index contributed by atoms with van der Waals surface area (Å²) in [4.78, 5) is 11.9. The maximum absolute atomic E-state index is 11.9. The Balaban J connectivity index is 2.39. The topological polar surface area (TPSA) is 34.9 Å². The van der Waals surface area contributed by atoms with Gasteiger partial charge < -0.3 is 0 Å². The van der Waals surface area contributed by atoms with E-state index in [0.29, 0.717) is 11.3 Å². The van der Waals surface area contributed by atoms with E-state index >= 15 is 0 Å². The summed E-state index contributed by atoms with van der Waals surface area (Å²) in [5.74, 6) is 0.00519. The van der Waals surface area contributed by atoms with Gasteiger partial charge in [-0.05, 0) is 6.07 Å². The van der Waals surface area contributed by atoms with Gasteiger partial charge in [0.2, 0.25) is 5.78 Å². The fourth-order valence-corrected chi connectivity index (χ4v) is 1.33. The predicted molar refractivity (Wildman–Crippen MR) is 53.1 cm³/mol. The molecule has 70 valence electrons. The molecule has 0 saturated heterocycles. The first-order chi connectivity index (χ1) is 6.79. The summed E-state index contributed by atoms with van der Waals surface area (Å²) in [6.45, 7) is 0.